The average molecular weight is 481 g/mol. The molecule has 1 amide bonds. The molecule has 0 aliphatic heterocycles. The lowest BCUT2D eigenvalue weighted by molar-refractivity contribution is -0.143. The Morgan fingerprint density at radius 2 is 1.85 bits per heavy atom. The van der Waals surface area contributed by atoms with E-state index in [-0.39, 0.29) is 22.9 Å². The number of nitrogens with zero attached hydrogens (tertiary/aromatic N) is 8. The lowest BCUT2D eigenvalue weighted by Gasteiger charge is -2.13. The highest BCUT2D eigenvalue weighted by atomic mass is 32.1. The molecule has 5 rings (SSSR count). The third-order valence-corrected chi connectivity index (χ3v) is 5.58. The van der Waals surface area contributed by atoms with Gasteiger partial charge in [-0.1, -0.05) is 0 Å². The van der Waals surface area contributed by atoms with Crippen molar-refractivity contribution in [3.8, 4) is 17.7 Å². The minimum atomic E-state index is -4.91. The first-order chi connectivity index (χ1) is 16.4. The quantitative estimate of drug-likeness (QED) is 0.415. The van der Waals surface area contributed by atoms with E-state index in [0.717, 1.165) is 15.7 Å². The van der Waals surface area contributed by atoms with Crippen molar-refractivity contribution in [2.45, 2.75) is 6.18 Å². The van der Waals surface area contributed by atoms with E-state index in [4.69, 9.17) is 0 Å². The number of nitrogens with one attached hydrogen (secondary N) is 1. The monoisotopic (exact) mass is 481 g/mol. The lowest BCUT2D eigenvalue weighted by atomic mass is 10.2. The van der Waals surface area contributed by atoms with Gasteiger partial charge >= 0.3 is 6.18 Å². The summed E-state index contributed by atoms with van der Waals surface area (Å²) in [5, 5.41) is 25.5. The molecule has 0 unspecified atom stereocenters. The molecule has 0 spiro atoms. The number of thiophene rings is 1. The Hall–Kier alpha value is -4.64. The van der Waals surface area contributed by atoms with Gasteiger partial charge in [-0.05, 0) is 23.6 Å². The topological polar surface area (TPSA) is 127 Å². The zero-order chi connectivity index (χ0) is 23.9. The Morgan fingerprint density at radius 1 is 1.06 bits per heavy atom. The molecule has 10 nitrogen and oxygen atoms in total. The fourth-order valence-electron chi connectivity index (χ4n) is 3.29. The van der Waals surface area contributed by atoms with Crippen molar-refractivity contribution in [1.29, 1.82) is 5.26 Å². The van der Waals surface area contributed by atoms with E-state index in [2.05, 4.69) is 30.6 Å². The molecule has 5 aromatic heterocycles. The van der Waals surface area contributed by atoms with Crippen LogP contribution < -0.4 is 5.32 Å². The summed E-state index contributed by atoms with van der Waals surface area (Å²) in [7, 11) is 0. The molecule has 1 N–H and O–H groups in total. The van der Waals surface area contributed by atoms with Crippen molar-refractivity contribution >= 4 is 33.0 Å². The number of alkyl halides is 3. The van der Waals surface area contributed by atoms with Crippen LogP contribution in [0.3, 0.4) is 0 Å². The van der Waals surface area contributed by atoms with Crippen LogP contribution >= 0.6 is 11.3 Å². The zero-order valence-electron chi connectivity index (χ0n) is 16.7. The number of fused-ring (bicyclic) bond motifs is 1. The molecule has 0 atom stereocenters. The summed E-state index contributed by atoms with van der Waals surface area (Å²) >= 11 is 1.34. The summed E-state index contributed by atoms with van der Waals surface area (Å²) < 4.78 is 43.5. The van der Waals surface area contributed by atoms with Gasteiger partial charge in [0.15, 0.2) is 17.3 Å². The van der Waals surface area contributed by atoms with Gasteiger partial charge in [-0.2, -0.15) is 33.7 Å². The second kappa shape index (κ2) is 8.05. The van der Waals surface area contributed by atoms with Gasteiger partial charge in [0.2, 0.25) is 0 Å². The number of hydrogen-bond acceptors (Lipinski definition) is 8. The van der Waals surface area contributed by atoms with E-state index < -0.39 is 23.3 Å². The summed E-state index contributed by atoms with van der Waals surface area (Å²) in [6, 6.07) is 6.46. The van der Waals surface area contributed by atoms with E-state index in [1.165, 1.54) is 42.2 Å². The highest BCUT2D eigenvalue weighted by Crippen LogP contribution is 2.35. The summed E-state index contributed by atoms with van der Waals surface area (Å²) in [5.41, 5.74) is -1.97. The minimum absolute atomic E-state index is 0.00840. The van der Waals surface area contributed by atoms with E-state index in [9.17, 15) is 23.2 Å². The van der Waals surface area contributed by atoms with E-state index >= 15 is 0 Å². The molecule has 0 aliphatic carbocycles. The molecular formula is C20H10F3N9OS. The Balaban J connectivity index is 1.53. The molecule has 168 valence electrons. The van der Waals surface area contributed by atoms with Crippen LogP contribution in [0.5, 0.6) is 0 Å². The fraction of sp³-hybridized carbons (Fsp3) is 0.0500. The molecule has 5 heterocycles. The number of halogens is 3. The summed E-state index contributed by atoms with van der Waals surface area (Å²) in [6.45, 7) is 0. The predicted octanol–water partition coefficient (Wildman–Crippen LogP) is 3.60. The van der Waals surface area contributed by atoms with Crippen molar-refractivity contribution in [3.63, 3.8) is 0 Å². The van der Waals surface area contributed by atoms with Gasteiger partial charge < -0.3 is 5.32 Å². The number of carbonyl (C=O) groups is 1. The molecular weight excluding hydrogens is 471 g/mol. The standard InChI is InChI=1S/C20H10F3N9OS/c21-20(22,23)16-14(10-29-31(16)18-13-2-6-34-15(13)1-3-25-18)19(33)30-12-7-11(8-24)17(26-9-12)32-27-4-5-28-32/h1-7,9-10H,(H,30,33). The first-order valence-corrected chi connectivity index (χ1v) is 10.3. The van der Waals surface area contributed by atoms with E-state index in [0.29, 0.717) is 10.1 Å². The summed E-state index contributed by atoms with van der Waals surface area (Å²) in [6.07, 6.45) is 1.25. The minimum Gasteiger partial charge on any atom is -0.320 e. The van der Waals surface area contributed by atoms with Crippen molar-refractivity contribution in [1.82, 2.24) is 34.7 Å². The molecule has 0 bridgehead atoms. The van der Waals surface area contributed by atoms with Gasteiger partial charge in [0, 0.05) is 16.3 Å². The largest absolute Gasteiger partial charge is 0.434 e. The Kier molecular flexibility index (Phi) is 5.02. The molecule has 14 heteroatoms. The maximum atomic E-state index is 14.0. The van der Waals surface area contributed by atoms with Crippen LogP contribution in [-0.2, 0) is 6.18 Å². The maximum Gasteiger partial charge on any atom is 0.434 e. The molecule has 34 heavy (non-hydrogen) atoms. The molecule has 0 saturated heterocycles. The van der Waals surface area contributed by atoms with Crippen molar-refractivity contribution in [2.75, 3.05) is 5.32 Å². The zero-order valence-corrected chi connectivity index (χ0v) is 17.5. The Morgan fingerprint density at radius 3 is 2.59 bits per heavy atom. The van der Waals surface area contributed by atoms with Gasteiger partial charge in [0.05, 0.1) is 36.0 Å². The maximum absolute atomic E-state index is 14.0. The first-order valence-electron chi connectivity index (χ1n) is 9.43. The number of hydrogen-bond donors (Lipinski definition) is 1. The van der Waals surface area contributed by atoms with Gasteiger partial charge in [0.1, 0.15) is 11.6 Å². The first kappa shape index (κ1) is 21.2. The highest BCUT2D eigenvalue weighted by molar-refractivity contribution is 7.17. The number of anilines is 1. The van der Waals surface area contributed by atoms with Gasteiger partial charge in [0.25, 0.3) is 5.91 Å². The van der Waals surface area contributed by atoms with Crippen LogP contribution in [0.2, 0.25) is 0 Å². The normalized spacial score (nSPS) is 11.5. The van der Waals surface area contributed by atoms with Crippen LogP contribution in [-0.4, -0.2) is 40.6 Å². The number of nitriles is 1. The van der Waals surface area contributed by atoms with Crippen LogP contribution in [0.15, 0.2) is 54.6 Å². The van der Waals surface area contributed by atoms with Crippen molar-refractivity contribution in [2.24, 2.45) is 0 Å². The SMILES string of the molecule is N#Cc1cc(NC(=O)c2cnn(-c3nccc4sccc34)c2C(F)(F)F)cnc1-n1nccn1. The van der Waals surface area contributed by atoms with Crippen molar-refractivity contribution < 1.29 is 18.0 Å². The lowest BCUT2D eigenvalue weighted by Crippen LogP contribution is -2.21. The van der Waals surface area contributed by atoms with Crippen LogP contribution in [0.25, 0.3) is 21.7 Å². The predicted molar refractivity (Wildman–Crippen MR) is 114 cm³/mol. The third-order valence-electron chi connectivity index (χ3n) is 4.69. The van der Waals surface area contributed by atoms with Crippen molar-refractivity contribution in [3.05, 3.63) is 71.4 Å². The molecule has 0 radical (unpaired) electrons. The van der Waals surface area contributed by atoms with Gasteiger partial charge in [-0.15, -0.1) is 16.1 Å². The molecule has 5 aromatic rings. The molecule has 0 aliphatic rings. The molecule has 0 aromatic carbocycles. The van der Waals surface area contributed by atoms with E-state index in [1.807, 2.05) is 6.07 Å². The number of pyridine rings is 2. The molecule has 0 fully saturated rings. The van der Waals surface area contributed by atoms with Crippen LogP contribution in [0, 0.1) is 11.3 Å². The van der Waals surface area contributed by atoms with Gasteiger partial charge in [-0.25, -0.2) is 14.6 Å². The smallest absolute Gasteiger partial charge is 0.320 e. The van der Waals surface area contributed by atoms with Crippen LogP contribution in [0.1, 0.15) is 21.6 Å². The molecule has 0 saturated carbocycles. The Labute approximate surface area is 191 Å². The number of amides is 1. The summed E-state index contributed by atoms with van der Waals surface area (Å²) in [4.78, 5) is 22.0. The number of carbonyl (C=O) groups excluding carboxylic acids is 1. The second-order valence-corrected chi connectivity index (χ2v) is 7.71. The fourth-order valence-corrected chi connectivity index (χ4v) is 4.06. The van der Waals surface area contributed by atoms with Crippen LogP contribution in [0.4, 0.5) is 18.9 Å². The van der Waals surface area contributed by atoms with Gasteiger partial charge in [-0.3, -0.25) is 4.79 Å². The average Bonchev–Trinajstić information content (AvgIpc) is 3.58. The van der Waals surface area contributed by atoms with E-state index in [1.54, 1.807) is 17.5 Å². The highest BCUT2D eigenvalue weighted by Gasteiger charge is 2.41. The number of rotatable bonds is 4. The number of aromatic nitrogens is 7. The Bertz CT molecular complexity index is 1560. The second-order valence-electron chi connectivity index (χ2n) is 6.76. The summed E-state index contributed by atoms with van der Waals surface area (Å²) in [5.74, 6) is -1.02. The third kappa shape index (κ3) is 3.63.